The van der Waals surface area contributed by atoms with Gasteiger partial charge in [0.1, 0.15) is 5.75 Å². The zero-order valence-corrected chi connectivity index (χ0v) is 14.0. The monoisotopic (exact) mass is 345 g/mol. The maximum Gasteiger partial charge on any atom is 0.264 e. The quantitative estimate of drug-likeness (QED) is 0.814. The number of aromatic nitrogens is 1. The molecule has 3 rings (SSSR count). The number of nitrogens with two attached hydrogens (primary N) is 1. The molecule has 1 heterocycles. The molecule has 0 spiro atoms. The van der Waals surface area contributed by atoms with Gasteiger partial charge in [-0.05, 0) is 43.9 Å². The van der Waals surface area contributed by atoms with Gasteiger partial charge >= 0.3 is 0 Å². The number of hydrogen-bond acceptors (Lipinski definition) is 5. The molecule has 6 nitrogen and oxygen atoms in total. The summed E-state index contributed by atoms with van der Waals surface area (Å²) in [5, 5.41) is 3.41. The lowest BCUT2D eigenvalue weighted by molar-refractivity contribution is -0.118. The summed E-state index contributed by atoms with van der Waals surface area (Å²) >= 11 is 1.55. The van der Waals surface area contributed by atoms with Crippen LogP contribution in [-0.2, 0) is 17.6 Å². The Balaban J connectivity index is 1.56. The van der Waals surface area contributed by atoms with Crippen molar-refractivity contribution in [1.29, 1.82) is 0 Å². The van der Waals surface area contributed by atoms with E-state index in [2.05, 4.69) is 10.3 Å². The highest BCUT2D eigenvalue weighted by atomic mass is 32.1. The molecule has 0 atom stereocenters. The zero-order valence-electron chi connectivity index (χ0n) is 13.2. The molecule has 0 radical (unpaired) electrons. The summed E-state index contributed by atoms with van der Waals surface area (Å²) in [7, 11) is 0. The lowest BCUT2D eigenvalue weighted by Gasteiger charge is -2.06. The van der Waals surface area contributed by atoms with Gasteiger partial charge in [-0.15, -0.1) is 11.3 Å². The third-order valence-corrected chi connectivity index (χ3v) is 4.90. The molecule has 0 fully saturated rings. The summed E-state index contributed by atoms with van der Waals surface area (Å²) in [4.78, 5) is 28.9. The van der Waals surface area contributed by atoms with Crippen molar-refractivity contribution in [3.8, 4) is 5.75 Å². The molecule has 7 heteroatoms. The molecule has 1 aliphatic carbocycles. The molecule has 0 saturated heterocycles. The number of aryl methyl sites for hydroxylation is 2. The topological polar surface area (TPSA) is 94.3 Å². The van der Waals surface area contributed by atoms with Crippen LogP contribution in [0.4, 0.5) is 5.13 Å². The predicted molar refractivity (Wildman–Crippen MR) is 92.5 cm³/mol. The largest absolute Gasteiger partial charge is 0.484 e. The Kier molecular flexibility index (Phi) is 5.10. The van der Waals surface area contributed by atoms with E-state index in [-0.39, 0.29) is 12.5 Å². The van der Waals surface area contributed by atoms with Gasteiger partial charge in [-0.1, -0.05) is 12.5 Å². The van der Waals surface area contributed by atoms with E-state index in [1.165, 1.54) is 23.8 Å². The molecular weight excluding hydrogens is 326 g/mol. The Labute approximate surface area is 144 Å². The smallest absolute Gasteiger partial charge is 0.264 e. The highest BCUT2D eigenvalue weighted by Gasteiger charge is 2.15. The number of anilines is 1. The van der Waals surface area contributed by atoms with E-state index in [0.29, 0.717) is 16.4 Å². The maximum absolute atomic E-state index is 12.0. The number of primary amides is 1. The van der Waals surface area contributed by atoms with Crippen LogP contribution in [-0.4, -0.2) is 23.4 Å². The van der Waals surface area contributed by atoms with Gasteiger partial charge in [-0.3, -0.25) is 14.9 Å². The minimum atomic E-state index is -0.533. The van der Waals surface area contributed by atoms with Crippen molar-refractivity contribution < 1.29 is 14.3 Å². The van der Waals surface area contributed by atoms with Crippen molar-refractivity contribution in [3.05, 3.63) is 40.4 Å². The number of amides is 2. The lowest BCUT2D eigenvalue weighted by atomic mass is 10.2. The Bertz CT molecular complexity index is 734. The number of benzene rings is 1. The first-order valence-electron chi connectivity index (χ1n) is 7.93. The minimum Gasteiger partial charge on any atom is -0.484 e. The molecule has 0 aliphatic heterocycles. The highest BCUT2D eigenvalue weighted by Crippen LogP contribution is 2.28. The van der Waals surface area contributed by atoms with Gasteiger partial charge in [0.25, 0.3) is 5.91 Å². The van der Waals surface area contributed by atoms with Crippen LogP contribution in [0.2, 0.25) is 0 Å². The Hall–Kier alpha value is -2.41. The van der Waals surface area contributed by atoms with Crippen LogP contribution in [0.3, 0.4) is 0 Å². The van der Waals surface area contributed by atoms with Crippen LogP contribution >= 0.6 is 11.3 Å². The van der Waals surface area contributed by atoms with Crippen LogP contribution in [0.5, 0.6) is 5.75 Å². The first-order chi connectivity index (χ1) is 11.6. The van der Waals surface area contributed by atoms with Gasteiger partial charge in [0.15, 0.2) is 11.7 Å². The molecule has 3 N–H and O–H groups in total. The second-order valence-corrected chi connectivity index (χ2v) is 6.76. The van der Waals surface area contributed by atoms with Gasteiger partial charge in [0.05, 0.1) is 5.69 Å². The molecular formula is C17H19N3O3S. The van der Waals surface area contributed by atoms with E-state index in [1.807, 2.05) is 0 Å². The lowest BCUT2D eigenvalue weighted by Crippen LogP contribution is -2.20. The number of hydrogen-bond donors (Lipinski definition) is 2. The second kappa shape index (κ2) is 7.44. The normalized spacial score (nSPS) is 13.7. The van der Waals surface area contributed by atoms with E-state index in [0.717, 1.165) is 25.0 Å². The SMILES string of the molecule is NC(=O)c1cccc(OCC(=O)Nc2nc3c(s2)CCCCC3)c1. The van der Waals surface area contributed by atoms with E-state index < -0.39 is 5.91 Å². The molecule has 0 saturated carbocycles. The Morgan fingerprint density at radius 1 is 1.25 bits per heavy atom. The van der Waals surface area contributed by atoms with E-state index in [4.69, 9.17) is 10.5 Å². The van der Waals surface area contributed by atoms with Crippen LogP contribution < -0.4 is 15.8 Å². The second-order valence-electron chi connectivity index (χ2n) is 5.68. The Morgan fingerprint density at radius 3 is 2.92 bits per heavy atom. The van der Waals surface area contributed by atoms with Crippen molar-refractivity contribution in [2.75, 3.05) is 11.9 Å². The van der Waals surface area contributed by atoms with E-state index >= 15 is 0 Å². The fraction of sp³-hybridized carbons (Fsp3) is 0.353. The fourth-order valence-electron chi connectivity index (χ4n) is 2.63. The molecule has 2 amide bonds. The molecule has 2 aromatic rings. The molecule has 1 aromatic heterocycles. The third kappa shape index (κ3) is 4.11. The van der Waals surface area contributed by atoms with Crippen LogP contribution in [0.1, 0.15) is 40.2 Å². The Morgan fingerprint density at radius 2 is 2.08 bits per heavy atom. The molecule has 1 aliphatic rings. The average molecular weight is 345 g/mol. The molecule has 24 heavy (non-hydrogen) atoms. The summed E-state index contributed by atoms with van der Waals surface area (Å²) in [5.74, 6) is -0.381. The number of thiazole rings is 1. The number of nitrogens with zero attached hydrogens (tertiary/aromatic N) is 1. The number of carbonyl (C=O) groups is 2. The van der Waals surface area contributed by atoms with Gasteiger partial charge in [0.2, 0.25) is 5.91 Å². The molecule has 0 unspecified atom stereocenters. The minimum absolute atomic E-state index is 0.146. The maximum atomic E-state index is 12.0. The first-order valence-corrected chi connectivity index (χ1v) is 8.74. The van der Waals surface area contributed by atoms with Gasteiger partial charge in [0, 0.05) is 10.4 Å². The van der Waals surface area contributed by atoms with Crippen LogP contribution in [0.15, 0.2) is 24.3 Å². The van der Waals surface area contributed by atoms with Crippen molar-refractivity contribution in [2.45, 2.75) is 32.1 Å². The van der Waals surface area contributed by atoms with Gasteiger partial charge in [-0.2, -0.15) is 0 Å². The van der Waals surface area contributed by atoms with Crippen molar-refractivity contribution >= 4 is 28.3 Å². The summed E-state index contributed by atoms with van der Waals surface area (Å²) in [6.45, 7) is -0.146. The van der Waals surface area contributed by atoms with Gasteiger partial charge < -0.3 is 10.5 Å². The summed E-state index contributed by atoms with van der Waals surface area (Å²) in [6.07, 6.45) is 5.60. The van der Waals surface area contributed by atoms with Crippen molar-refractivity contribution in [3.63, 3.8) is 0 Å². The number of ether oxygens (including phenoxy) is 1. The van der Waals surface area contributed by atoms with E-state index in [9.17, 15) is 9.59 Å². The van der Waals surface area contributed by atoms with E-state index in [1.54, 1.807) is 29.5 Å². The molecule has 1 aromatic carbocycles. The number of carbonyl (C=O) groups excluding carboxylic acids is 2. The van der Waals surface area contributed by atoms with Crippen molar-refractivity contribution in [1.82, 2.24) is 4.98 Å². The van der Waals surface area contributed by atoms with Crippen molar-refractivity contribution in [2.24, 2.45) is 5.73 Å². The predicted octanol–water partition coefficient (Wildman–Crippen LogP) is 2.53. The van der Waals surface area contributed by atoms with Gasteiger partial charge in [-0.25, -0.2) is 4.98 Å². The number of rotatable bonds is 5. The summed E-state index contributed by atoms with van der Waals surface area (Å²) in [6, 6.07) is 6.44. The number of nitrogens with one attached hydrogen (secondary N) is 1. The molecule has 126 valence electrons. The molecule has 0 bridgehead atoms. The fourth-order valence-corrected chi connectivity index (χ4v) is 3.69. The first kappa shape index (κ1) is 16.4. The zero-order chi connectivity index (χ0) is 16.9. The standard InChI is InChI=1S/C17H19N3O3S/c18-16(22)11-5-4-6-12(9-11)23-10-15(21)20-17-19-13-7-2-1-3-8-14(13)24-17/h4-6,9H,1-3,7-8,10H2,(H2,18,22)(H,19,20,21). The third-order valence-electron chi connectivity index (χ3n) is 3.83. The summed E-state index contributed by atoms with van der Waals surface area (Å²) < 4.78 is 5.41. The van der Waals surface area contributed by atoms with Crippen LogP contribution in [0, 0.1) is 0 Å². The van der Waals surface area contributed by atoms with Crippen LogP contribution in [0.25, 0.3) is 0 Å². The highest BCUT2D eigenvalue weighted by molar-refractivity contribution is 7.15. The summed E-state index contributed by atoms with van der Waals surface area (Å²) in [5.41, 5.74) is 6.68. The number of fused-ring (bicyclic) bond motifs is 1. The average Bonchev–Trinajstić information content (AvgIpc) is 2.81.